The van der Waals surface area contributed by atoms with Gasteiger partial charge in [0.1, 0.15) is 16.4 Å². The highest BCUT2D eigenvalue weighted by Gasteiger charge is 2.30. The first-order chi connectivity index (χ1) is 14.4. The number of nitrogens with zero attached hydrogens (tertiary/aromatic N) is 5. The van der Waals surface area contributed by atoms with Crippen molar-refractivity contribution in [3.63, 3.8) is 0 Å². The molecule has 0 amide bonds. The molecule has 0 spiro atoms. The van der Waals surface area contributed by atoms with Crippen LogP contribution in [0.4, 0.5) is 19.0 Å². The second kappa shape index (κ2) is 8.27. The Labute approximate surface area is 173 Å². The minimum Gasteiger partial charge on any atom is -0.406 e. The molecule has 4 aromatic rings. The third-order valence-electron chi connectivity index (χ3n) is 4.22. The van der Waals surface area contributed by atoms with Gasteiger partial charge in [-0.25, -0.2) is 0 Å². The van der Waals surface area contributed by atoms with Gasteiger partial charge < -0.3 is 10.1 Å². The van der Waals surface area contributed by atoms with E-state index >= 15 is 0 Å². The van der Waals surface area contributed by atoms with E-state index in [1.54, 1.807) is 35.9 Å². The molecule has 0 aliphatic carbocycles. The number of hydrogen-bond donors (Lipinski definition) is 1. The third-order valence-corrected chi connectivity index (χ3v) is 5.17. The largest absolute Gasteiger partial charge is 0.573 e. The molecule has 0 aliphatic rings. The summed E-state index contributed by atoms with van der Waals surface area (Å²) in [5, 5.41) is 12.0. The van der Waals surface area contributed by atoms with E-state index in [9.17, 15) is 13.2 Å². The lowest BCUT2D eigenvalue weighted by atomic mass is 10.1. The van der Waals surface area contributed by atoms with Crippen molar-refractivity contribution in [3.05, 3.63) is 53.2 Å². The number of hydrogen-bond acceptors (Lipinski definition) is 7. The number of rotatable bonds is 7. The molecule has 0 aliphatic heterocycles. The summed E-state index contributed by atoms with van der Waals surface area (Å²) in [5.74, 6) is 0.926. The molecule has 0 fully saturated rings. The quantitative estimate of drug-likeness (QED) is 0.431. The van der Waals surface area contributed by atoms with Gasteiger partial charge in [0.05, 0.1) is 17.8 Å². The fourth-order valence-electron chi connectivity index (χ4n) is 2.94. The van der Waals surface area contributed by atoms with E-state index in [1.165, 1.54) is 16.8 Å². The van der Waals surface area contributed by atoms with Gasteiger partial charge in [-0.15, -0.1) is 29.6 Å². The van der Waals surface area contributed by atoms with E-state index in [0.717, 1.165) is 27.1 Å². The van der Waals surface area contributed by atoms with Crippen molar-refractivity contribution < 1.29 is 17.9 Å². The molecule has 30 heavy (non-hydrogen) atoms. The van der Waals surface area contributed by atoms with E-state index in [4.69, 9.17) is 0 Å². The Bertz CT molecular complexity index is 1130. The fraction of sp³-hybridized carbons (Fsp3) is 0.263. The van der Waals surface area contributed by atoms with Gasteiger partial charge in [0, 0.05) is 11.4 Å². The minimum atomic E-state index is -4.68. The SMILES string of the molecule is Cc1cc2c(NCCCc3ccc(OC(F)(F)F)cc3)nc(-n3ccnn3)nc2s1. The maximum atomic E-state index is 12.2. The van der Waals surface area contributed by atoms with Crippen molar-refractivity contribution in [1.82, 2.24) is 25.0 Å². The predicted molar refractivity (Wildman–Crippen MR) is 107 cm³/mol. The van der Waals surface area contributed by atoms with E-state index in [0.29, 0.717) is 24.7 Å². The van der Waals surface area contributed by atoms with Gasteiger partial charge in [-0.2, -0.15) is 14.6 Å². The first-order valence-corrected chi connectivity index (χ1v) is 9.92. The van der Waals surface area contributed by atoms with Crippen LogP contribution in [-0.2, 0) is 6.42 Å². The summed E-state index contributed by atoms with van der Waals surface area (Å²) in [4.78, 5) is 11.1. The van der Waals surface area contributed by atoms with Gasteiger partial charge in [-0.1, -0.05) is 17.3 Å². The van der Waals surface area contributed by atoms with Crippen molar-refractivity contribution >= 4 is 27.4 Å². The molecule has 0 saturated heterocycles. The van der Waals surface area contributed by atoms with Crippen LogP contribution in [0.5, 0.6) is 5.75 Å². The van der Waals surface area contributed by atoms with Crippen molar-refractivity contribution in [2.75, 3.05) is 11.9 Å². The molecule has 0 radical (unpaired) electrons. The third kappa shape index (κ3) is 4.85. The number of thiophene rings is 1. The first kappa shape index (κ1) is 20.1. The van der Waals surface area contributed by atoms with Gasteiger partial charge in [0.2, 0.25) is 0 Å². The van der Waals surface area contributed by atoms with E-state index < -0.39 is 6.36 Å². The highest BCUT2D eigenvalue weighted by molar-refractivity contribution is 7.18. The lowest BCUT2D eigenvalue weighted by Gasteiger charge is -2.10. The lowest BCUT2D eigenvalue weighted by Crippen LogP contribution is -2.17. The topological polar surface area (TPSA) is 77.8 Å². The zero-order chi connectivity index (χ0) is 21.1. The minimum absolute atomic E-state index is 0.221. The molecule has 1 aromatic carbocycles. The maximum Gasteiger partial charge on any atom is 0.573 e. The summed E-state index contributed by atoms with van der Waals surface area (Å²) in [6.45, 7) is 2.65. The Morgan fingerprint density at radius 2 is 1.97 bits per heavy atom. The van der Waals surface area contributed by atoms with E-state index in [-0.39, 0.29) is 5.75 Å². The molecule has 3 aromatic heterocycles. The summed E-state index contributed by atoms with van der Waals surface area (Å²) in [6, 6.07) is 7.95. The van der Waals surface area contributed by atoms with Crippen LogP contribution in [0.15, 0.2) is 42.7 Å². The average Bonchev–Trinajstić information content (AvgIpc) is 3.34. The number of anilines is 1. The van der Waals surface area contributed by atoms with Crippen molar-refractivity contribution in [2.24, 2.45) is 0 Å². The number of alkyl halides is 3. The van der Waals surface area contributed by atoms with Crippen LogP contribution in [0.3, 0.4) is 0 Å². The van der Waals surface area contributed by atoms with Gasteiger partial charge >= 0.3 is 6.36 Å². The van der Waals surface area contributed by atoms with Gasteiger partial charge in [0.15, 0.2) is 0 Å². The summed E-state index contributed by atoms with van der Waals surface area (Å²) >= 11 is 1.57. The van der Waals surface area contributed by atoms with Crippen LogP contribution in [0.25, 0.3) is 16.2 Å². The van der Waals surface area contributed by atoms with Crippen molar-refractivity contribution in [1.29, 1.82) is 0 Å². The molecule has 3 heterocycles. The Hall–Kier alpha value is -3.21. The molecule has 7 nitrogen and oxygen atoms in total. The van der Waals surface area contributed by atoms with Gasteiger partial charge in [-0.05, 0) is 43.5 Å². The Morgan fingerprint density at radius 1 is 1.17 bits per heavy atom. The smallest absolute Gasteiger partial charge is 0.406 e. The van der Waals surface area contributed by atoms with Crippen LogP contribution in [0.2, 0.25) is 0 Å². The van der Waals surface area contributed by atoms with Crippen molar-refractivity contribution in [3.8, 4) is 11.7 Å². The molecule has 4 rings (SSSR count). The highest BCUT2D eigenvalue weighted by Crippen LogP contribution is 2.29. The maximum absolute atomic E-state index is 12.2. The Kier molecular flexibility index (Phi) is 5.53. The van der Waals surface area contributed by atoms with Crippen molar-refractivity contribution in [2.45, 2.75) is 26.1 Å². The molecular formula is C19H17F3N6OS. The Morgan fingerprint density at radius 3 is 2.67 bits per heavy atom. The number of nitrogens with one attached hydrogen (secondary N) is 1. The normalized spacial score (nSPS) is 11.7. The molecule has 0 unspecified atom stereocenters. The van der Waals surface area contributed by atoms with E-state index in [2.05, 4.69) is 30.3 Å². The number of fused-ring (bicyclic) bond motifs is 1. The molecule has 11 heteroatoms. The van der Waals surface area contributed by atoms with Crippen LogP contribution in [0, 0.1) is 6.92 Å². The summed E-state index contributed by atoms with van der Waals surface area (Å²) in [7, 11) is 0. The number of ether oxygens (including phenoxy) is 1. The average molecular weight is 434 g/mol. The number of aryl methyl sites for hydroxylation is 2. The predicted octanol–water partition coefficient (Wildman–Crippen LogP) is 4.52. The second-order valence-corrected chi connectivity index (χ2v) is 7.75. The zero-order valence-corrected chi connectivity index (χ0v) is 16.7. The van der Waals surface area contributed by atoms with E-state index in [1.807, 2.05) is 13.0 Å². The number of halogens is 3. The van der Waals surface area contributed by atoms with Gasteiger partial charge in [0.25, 0.3) is 5.95 Å². The van der Waals surface area contributed by atoms with Crippen LogP contribution >= 0.6 is 11.3 Å². The lowest BCUT2D eigenvalue weighted by molar-refractivity contribution is -0.274. The highest BCUT2D eigenvalue weighted by atomic mass is 32.1. The summed E-state index contributed by atoms with van der Waals surface area (Å²) in [6.07, 6.45) is 0.0290. The molecule has 156 valence electrons. The zero-order valence-electron chi connectivity index (χ0n) is 15.8. The molecule has 1 N–H and O–H groups in total. The van der Waals surface area contributed by atoms with Crippen LogP contribution < -0.4 is 10.1 Å². The molecule has 0 atom stereocenters. The van der Waals surface area contributed by atoms with Crippen LogP contribution in [0.1, 0.15) is 16.9 Å². The Balaban J connectivity index is 1.40. The van der Waals surface area contributed by atoms with Gasteiger partial charge in [-0.3, -0.25) is 0 Å². The summed E-state index contributed by atoms with van der Waals surface area (Å²) < 4.78 is 42.1. The molecule has 0 bridgehead atoms. The fourth-order valence-corrected chi connectivity index (χ4v) is 3.81. The number of benzene rings is 1. The standard InChI is InChI=1S/C19H17F3N6OS/c1-12-11-15-16(25-18(26-17(15)30-12)28-10-9-24-27-28)23-8-2-3-13-4-6-14(7-5-13)29-19(20,21)22/h4-7,9-11H,2-3,8H2,1H3,(H,23,25,26). The molecule has 0 saturated carbocycles. The second-order valence-electron chi connectivity index (χ2n) is 6.52. The van der Waals surface area contributed by atoms with Crippen LogP contribution in [-0.4, -0.2) is 37.9 Å². The molecular weight excluding hydrogens is 417 g/mol. The number of aromatic nitrogens is 5. The summed E-state index contributed by atoms with van der Waals surface area (Å²) in [5.41, 5.74) is 0.925. The first-order valence-electron chi connectivity index (χ1n) is 9.11. The monoisotopic (exact) mass is 434 g/mol.